The number of amides is 1. The minimum absolute atomic E-state index is 0.166. The number of esters is 1. The first-order valence-electron chi connectivity index (χ1n) is 9.34. The fraction of sp³-hybridized carbons (Fsp3) is 0.364. The Bertz CT molecular complexity index is 836. The average molecular weight is 401 g/mol. The highest BCUT2D eigenvalue weighted by Gasteiger charge is 2.18. The third-order valence-corrected chi connectivity index (χ3v) is 4.11. The Morgan fingerprint density at radius 2 is 1.79 bits per heavy atom. The Balaban J connectivity index is 1.74. The van der Waals surface area contributed by atoms with Crippen LogP contribution in [0.3, 0.4) is 0 Å². The molecule has 0 saturated carbocycles. The highest BCUT2D eigenvalue weighted by Crippen LogP contribution is 2.29. The van der Waals surface area contributed by atoms with Gasteiger partial charge in [0.2, 0.25) is 0 Å². The van der Waals surface area contributed by atoms with Crippen molar-refractivity contribution in [2.45, 2.75) is 32.8 Å². The van der Waals surface area contributed by atoms with Gasteiger partial charge in [0.1, 0.15) is 5.75 Å². The van der Waals surface area contributed by atoms with Crippen LogP contribution in [0.25, 0.3) is 0 Å². The second-order valence-electron chi connectivity index (χ2n) is 6.46. The van der Waals surface area contributed by atoms with Gasteiger partial charge in [-0.1, -0.05) is 12.1 Å². The van der Waals surface area contributed by atoms with Crippen LogP contribution in [-0.2, 0) is 14.3 Å². The van der Waals surface area contributed by atoms with Crippen molar-refractivity contribution in [1.82, 2.24) is 0 Å². The topological polar surface area (TPSA) is 83.1 Å². The predicted octanol–water partition coefficient (Wildman–Crippen LogP) is 3.74. The van der Waals surface area contributed by atoms with Crippen LogP contribution in [-0.4, -0.2) is 38.8 Å². The zero-order valence-electron chi connectivity index (χ0n) is 17.2. The highest BCUT2D eigenvalue weighted by molar-refractivity contribution is 5.95. The summed E-state index contributed by atoms with van der Waals surface area (Å²) in [4.78, 5) is 24.2. The van der Waals surface area contributed by atoms with Gasteiger partial charge in [0.05, 0.1) is 20.8 Å². The van der Waals surface area contributed by atoms with E-state index in [1.54, 1.807) is 18.2 Å². The van der Waals surface area contributed by atoms with Gasteiger partial charge in [-0.15, -0.1) is 0 Å². The van der Waals surface area contributed by atoms with Gasteiger partial charge in [0, 0.05) is 18.2 Å². The van der Waals surface area contributed by atoms with Gasteiger partial charge >= 0.3 is 5.97 Å². The average Bonchev–Trinajstić information content (AvgIpc) is 2.71. The van der Waals surface area contributed by atoms with Gasteiger partial charge in [-0.2, -0.15) is 0 Å². The van der Waals surface area contributed by atoms with Gasteiger partial charge in [0.15, 0.2) is 17.6 Å². The molecule has 156 valence electrons. The summed E-state index contributed by atoms with van der Waals surface area (Å²) in [5.41, 5.74) is 1.62. The second kappa shape index (κ2) is 10.9. The summed E-state index contributed by atoms with van der Waals surface area (Å²) in [7, 11) is 3.04. The molecule has 1 amide bonds. The molecule has 0 heterocycles. The van der Waals surface area contributed by atoms with Gasteiger partial charge in [-0.05, 0) is 50.1 Å². The Morgan fingerprint density at radius 1 is 1.03 bits per heavy atom. The molecule has 7 nitrogen and oxygen atoms in total. The molecule has 2 rings (SSSR count). The fourth-order valence-electron chi connectivity index (χ4n) is 2.58. The molecule has 29 heavy (non-hydrogen) atoms. The van der Waals surface area contributed by atoms with Crippen molar-refractivity contribution in [3.05, 3.63) is 48.0 Å². The molecule has 0 spiro atoms. The Labute approximate surface area is 170 Å². The van der Waals surface area contributed by atoms with E-state index >= 15 is 0 Å². The van der Waals surface area contributed by atoms with Crippen LogP contribution in [0.2, 0.25) is 0 Å². The molecule has 7 heteroatoms. The molecular weight excluding hydrogens is 374 g/mol. The van der Waals surface area contributed by atoms with Gasteiger partial charge in [0.25, 0.3) is 5.91 Å². The first-order chi connectivity index (χ1) is 13.9. The van der Waals surface area contributed by atoms with E-state index < -0.39 is 18.0 Å². The van der Waals surface area contributed by atoms with Crippen molar-refractivity contribution < 1.29 is 28.5 Å². The van der Waals surface area contributed by atoms with E-state index in [2.05, 4.69) is 5.32 Å². The molecule has 0 bridgehead atoms. The number of hydrogen-bond acceptors (Lipinski definition) is 6. The molecule has 0 saturated heterocycles. The SMILES string of the molecule is COc1ccc(NC(=O)[C@@H](C)OC(=O)CCCOc2cccc(C)c2)cc1OC. The number of aryl methyl sites for hydroxylation is 1. The maximum atomic E-state index is 12.3. The molecule has 2 aromatic carbocycles. The fourth-order valence-corrected chi connectivity index (χ4v) is 2.58. The Kier molecular flexibility index (Phi) is 8.33. The maximum Gasteiger partial charge on any atom is 0.306 e. The van der Waals surface area contributed by atoms with Crippen LogP contribution in [0.5, 0.6) is 17.2 Å². The Hall–Kier alpha value is -3.22. The van der Waals surface area contributed by atoms with Crippen LogP contribution in [0.15, 0.2) is 42.5 Å². The zero-order valence-corrected chi connectivity index (χ0v) is 17.2. The summed E-state index contributed by atoms with van der Waals surface area (Å²) >= 11 is 0. The minimum atomic E-state index is -0.923. The highest BCUT2D eigenvalue weighted by atomic mass is 16.5. The summed E-state index contributed by atoms with van der Waals surface area (Å²) in [6, 6.07) is 12.7. The number of carbonyl (C=O) groups is 2. The van der Waals surface area contributed by atoms with Crippen molar-refractivity contribution in [2.24, 2.45) is 0 Å². The molecule has 0 aliphatic heterocycles. The lowest BCUT2D eigenvalue weighted by Crippen LogP contribution is -2.30. The first kappa shape index (κ1) is 22.1. The molecule has 0 aromatic heterocycles. The molecule has 1 atom stereocenters. The van der Waals surface area contributed by atoms with Crippen LogP contribution in [0.4, 0.5) is 5.69 Å². The van der Waals surface area contributed by atoms with E-state index in [1.165, 1.54) is 21.1 Å². The minimum Gasteiger partial charge on any atom is -0.494 e. The van der Waals surface area contributed by atoms with Gasteiger partial charge in [-0.3, -0.25) is 9.59 Å². The molecule has 0 fully saturated rings. The lowest BCUT2D eigenvalue weighted by Gasteiger charge is -2.15. The third kappa shape index (κ3) is 7.03. The van der Waals surface area contributed by atoms with Gasteiger partial charge in [-0.25, -0.2) is 0 Å². The number of ether oxygens (including phenoxy) is 4. The molecule has 0 unspecified atom stereocenters. The molecule has 2 aromatic rings. The Morgan fingerprint density at radius 3 is 2.48 bits per heavy atom. The quantitative estimate of drug-likeness (QED) is 0.482. The maximum absolute atomic E-state index is 12.3. The van der Waals surface area contributed by atoms with Crippen LogP contribution >= 0.6 is 0 Å². The largest absolute Gasteiger partial charge is 0.494 e. The normalized spacial score (nSPS) is 11.3. The van der Waals surface area contributed by atoms with E-state index in [9.17, 15) is 9.59 Å². The predicted molar refractivity (Wildman–Crippen MR) is 110 cm³/mol. The number of rotatable bonds is 10. The number of nitrogens with one attached hydrogen (secondary N) is 1. The zero-order chi connectivity index (χ0) is 21.2. The van der Waals surface area contributed by atoms with Crippen molar-refractivity contribution in [2.75, 3.05) is 26.1 Å². The lowest BCUT2D eigenvalue weighted by molar-refractivity contribution is -0.153. The summed E-state index contributed by atoms with van der Waals surface area (Å²) in [6.45, 7) is 3.90. The molecular formula is C22H27NO6. The lowest BCUT2D eigenvalue weighted by atomic mass is 10.2. The van der Waals surface area contributed by atoms with Crippen LogP contribution in [0, 0.1) is 6.92 Å². The van der Waals surface area contributed by atoms with Crippen LogP contribution < -0.4 is 19.5 Å². The molecule has 1 N–H and O–H groups in total. The molecule has 0 radical (unpaired) electrons. The number of carbonyl (C=O) groups excluding carboxylic acids is 2. The van der Waals surface area contributed by atoms with E-state index in [0.29, 0.717) is 30.2 Å². The number of benzene rings is 2. The van der Waals surface area contributed by atoms with E-state index in [4.69, 9.17) is 18.9 Å². The van der Waals surface area contributed by atoms with Crippen molar-refractivity contribution in [3.63, 3.8) is 0 Å². The van der Waals surface area contributed by atoms with Crippen molar-refractivity contribution in [1.29, 1.82) is 0 Å². The van der Waals surface area contributed by atoms with Crippen molar-refractivity contribution in [3.8, 4) is 17.2 Å². The van der Waals surface area contributed by atoms with E-state index in [0.717, 1.165) is 11.3 Å². The summed E-state index contributed by atoms with van der Waals surface area (Å²) < 4.78 is 21.2. The summed E-state index contributed by atoms with van der Waals surface area (Å²) in [5.74, 6) is 0.928. The monoisotopic (exact) mass is 401 g/mol. The summed E-state index contributed by atoms with van der Waals surface area (Å²) in [6.07, 6.45) is -0.260. The van der Waals surface area contributed by atoms with E-state index in [-0.39, 0.29) is 6.42 Å². The molecule has 0 aliphatic rings. The standard InChI is InChI=1S/C22H27NO6/c1-15-7-5-8-18(13-15)28-12-6-9-21(24)29-16(2)22(25)23-17-10-11-19(26-3)20(14-17)27-4/h5,7-8,10-11,13-14,16H,6,9,12H2,1-4H3,(H,23,25)/t16-/m1/s1. The smallest absolute Gasteiger partial charge is 0.306 e. The first-order valence-corrected chi connectivity index (χ1v) is 9.34. The van der Waals surface area contributed by atoms with Crippen molar-refractivity contribution >= 4 is 17.6 Å². The second-order valence-corrected chi connectivity index (χ2v) is 6.46. The van der Waals surface area contributed by atoms with Gasteiger partial charge < -0.3 is 24.3 Å². The number of hydrogen-bond donors (Lipinski definition) is 1. The summed E-state index contributed by atoms with van der Waals surface area (Å²) in [5, 5.41) is 2.69. The number of methoxy groups -OCH3 is 2. The third-order valence-electron chi connectivity index (χ3n) is 4.11. The van der Waals surface area contributed by atoms with Crippen LogP contribution in [0.1, 0.15) is 25.3 Å². The molecule has 0 aliphatic carbocycles. The number of anilines is 1. The van der Waals surface area contributed by atoms with E-state index in [1.807, 2.05) is 31.2 Å².